The molecule has 0 unspecified atom stereocenters. The highest BCUT2D eigenvalue weighted by molar-refractivity contribution is 7.98. The van der Waals surface area contributed by atoms with E-state index in [-0.39, 0.29) is 18.4 Å². The van der Waals surface area contributed by atoms with Gasteiger partial charge in [0.2, 0.25) is 11.8 Å². The van der Waals surface area contributed by atoms with E-state index in [4.69, 9.17) is 4.74 Å². The molecule has 1 heterocycles. The highest BCUT2D eigenvalue weighted by Gasteiger charge is 2.26. The highest BCUT2D eigenvalue weighted by atomic mass is 32.2. The lowest BCUT2D eigenvalue weighted by molar-refractivity contribution is -0.145. The number of hydrogen-bond donors (Lipinski definition) is 0. The Morgan fingerprint density at radius 2 is 2.18 bits per heavy atom. The van der Waals surface area contributed by atoms with Crippen LogP contribution in [-0.2, 0) is 16.1 Å². The second kappa shape index (κ2) is 8.08. The lowest BCUT2D eigenvalue weighted by Crippen LogP contribution is -2.51. The third kappa shape index (κ3) is 4.40. The van der Waals surface area contributed by atoms with Crippen molar-refractivity contribution < 1.29 is 14.3 Å². The second-order valence-electron chi connectivity index (χ2n) is 5.22. The molecule has 0 atom stereocenters. The summed E-state index contributed by atoms with van der Waals surface area (Å²) in [5, 5.41) is 0. The molecule has 0 spiro atoms. The molecule has 2 rings (SSSR count). The third-order valence-corrected chi connectivity index (χ3v) is 4.31. The standard InChI is InChI=1S/C16H22N2O3S/c1-21-14-5-3-4-13(10-14)11-17-7-8-18(12-16(17)20)15(19)6-9-22-2/h3-5,10H,6-9,11-12H2,1-2H3. The summed E-state index contributed by atoms with van der Waals surface area (Å²) >= 11 is 1.65. The molecular formula is C16H22N2O3S. The fourth-order valence-corrected chi connectivity index (χ4v) is 2.81. The minimum absolute atomic E-state index is 0.00608. The van der Waals surface area contributed by atoms with Crippen molar-refractivity contribution in [1.29, 1.82) is 0 Å². The molecule has 0 N–H and O–H groups in total. The molecule has 1 saturated heterocycles. The van der Waals surface area contributed by atoms with Gasteiger partial charge < -0.3 is 14.5 Å². The smallest absolute Gasteiger partial charge is 0.242 e. The van der Waals surface area contributed by atoms with Crippen LogP contribution in [0.4, 0.5) is 0 Å². The van der Waals surface area contributed by atoms with Crippen LogP contribution in [-0.4, -0.2) is 60.4 Å². The van der Waals surface area contributed by atoms with Gasteiger partial charge in [0.15, 0.2) is 0 Å². The van der Waals surface area contributed by atoms with Gasteiger partial charge in [0, 0.05) is 31.8 Å². The molecule has 1 aromatic rings. The van der Waals surface area contributed by atoms with E-state index < -0.39 is 0 Å². The van der Waals surface area contributed by atoms with Crippen LogP contribution >= 0.6 is 11.8 Å². The van der Waals surface area contributed by atoms with Crippen LogP contribution in [0, 0.1) is 0 Å². The lowest BCUT2D eigenvalue weighted by atomic mass is 10.2. The number of carbonyl (C=O) groups excluding carboxylic acids is 2. The Morgan fingerprint density at radius 1 is 1.36 bits per heavy atom. The minimum atomic E-state index is 0.00608. The van der Waals surface area contributed by atoms with Gasteiger partial charge in [0.1, 0.15) is 5.75 Å². The van der Waals surface area contributed by atoms with Gasteiger partial charge in [-0.1, -0.05) is 12.1 Å². The van der Waals surface area contributed by atoms with Gasteiger partial charge >= 0.3 is 0 Å². The number of thioether (sulfide) groups is 1. The average Bonchev–Trinajstić information content (AvgIpc) is 2.54. The molecule has 0 radical (unpaired) electrons. The van der Waals surface area contributed by atoms with Crippen LogP contribution in [0.15, 0.2) is 24.3 Å². The predicted molar refractivity (Wildman–Crippen MR) is 88.0 cm³/mol. The van der Waals surface area contributed by atoms with Crippen LogP contribution < -0.4 is 4.74 Å². The maximum absolute atomic E-state index is 12.2. The third-order valence-electron chi connectivity index (χ3n) is 3.70. The van der Waals surface area contributed by atoms with Gasteiger partial charge in [-0.15, -0.1) is 0 Å². The topological polar surface area (TPSA) is 49.9 Å². The van der Waals surface area contributed by atoms with Crippen LogP contribution in [0.5, 0.6) is 5.75 Å². The summed E-state index contributed by atoms with van der Waals surface area (Å²) in [5.41, 5.74) is 1.04. The number of piperazine rings is 1. The largest absolute Gasteiger partial charge is 0.497 e. The molecule has 1 fully saturated rings. The number of amides is 2. The molecule has 1 aromatic carbocycles. The first-order chi connectivity index (χ1) is 10.6. The molecule has 2 amide bonds. The van der Waals surface area contributed by atoms with Gasteiger partial charge in [0.05, 0.1) is 13.7 Å². The molecule has 1 aliphatic rings. The van der Waals surface area contributed by atoms with Crippen molar-refractivity contribution in [3.05, 3.63) is 29.8 Å². The number of methoxy groups -OCH3 is 1. The first-order valence-corrected chi connectivity index (χ1v) is 8.71. The Kier molecular flexibility index (Phi) is 6.12. The molecular weight excluding hydrogens is 300 g/mol. The summed E-state index contributed by atoms with van der Waals surface area (Å²) in [7, 11) is 1.63. The number of ether oxygens (including phenoxy) is 1. The predicted octanol–water partition coefficient (Wildman–Crippen LogP) is 1.62. The maximum atomic E-state index is 12.2. The van der Waals surface area contributed by atoms with Crippen LogP contribution in [0.1, 0.15) is 12.0 Å². The maximum Gasteiger partial charge on any atom is 0.242 e. The number of nitrogens with zero attached hydrogens (tertiary/aromatic N) is 2. The number of hydrogen-bond acceptors (Lipinski definition) is 4. The van der Waals surface area contributed by atoms with Crippen molar-refractivity contribution >= 4 is 23.6 Å². The van der Waals surface area contributed by atoms with E-state index in [1.54, 1.807) is 28.7 Å². The molecule has 1 aliphatic heterocycles. The van der Waals surface area contributed by atoms with Gasteiger partial charge in [-0.3, -0.25) is 9.59 Å². The summed E-state index contributed by atoms with van der Waals surface area (Å²) in [6.45, 7) is 1.95. The first kappa shape index (κ1) is 16.7. The van der Waals surface area contributed by atoms with E-state index in [0.717, 1.165) is 17.1 Å². The highest BCUT2D eigenvalue weighted by Crippen LogP contribution is 2.16. The van der Waals surface area contributed by atoms with Gasteiger partial charge in [-0.2, -0.15) is 11.8 Å². The molecule has 6 heteroatoms. The fourth-order valence-electron chi connectivity index (χ4n) is 2.43. The van der Waals surface area contributed by atoms with Crippen molar-refractivity contribution in [2.45, 2.75) is 13.0 Å². The zero-order valence-electron chi connectivity index (χ0n) is 13.1. The van der Waals surface area contributed by atoms with E-state index in [1.807, 2.05) is 30.5 Å². The zero-order chi connectivity index (χ0) is 15.9. The lowest BCUT2D eigenvalue weighted by Gasteiger charge is -2.34. The van der Waals surface area contributed by atoms with Crippen molar-refractivity contribution in [3.63, 3.8) is 0 Å². The Morgan fingerprint density at radius 3 is 2.86 bits per heavy atom. The zero-order valence-corrected chi connectivity index (χ0v) is 13.9. The second-order valence-corrected chi connectivity index (χ2v) is 6.21. The average molecular weight is 322 g/mol. The fraction of sp³-hybridized carbons (Fsp3) is 0.500. The van der Waals surface area contributed by atoms with Crippen molar-refractivity contribution in [1.82, 2.24) is 9.80 Å². The SMILES string of the molecule is COc1cccc(CN2CCN(C(=O)CCSC)CC2=O)c1. The number of carbonyl (C=O) groups is 2. The normalized spacial score (nSPS) is 15.1. The van der Waals surface area contributed by atoms with Gasteiger partial charge in [0.25, 0.3) is 0 Å². The Bertz CT molecular complexity index is 536. The number of benzene rings is 1. The Labute approximate surface area is 135 Å². The minimum Gasteiger partial charge on any atom is -0.497 e. The van der Waals surface area contributed by atoms with Crippen LogP contribution in [0.2, 0.25) is 0 Å². The molecule has 5 nitrogen and oxygen atoms in total. The van der Waals surface area contributed by atoms with E-state index in [1.165, 1.54) is 0 Å². The van der Waals surface area contributed by atoms with E-state index in [9.17, 15) is 9.59 Å². The molecule has 120 valence electrons. The van der Waals surface area contributed by atoms with E-state index >= 15 is 0 Å². The summed E-state index contributed by atoms with van der Waals surface area (Å²) in [6, 6.07) is 7.71. The van der Waals surface area contributed by atoms with E-state index in [0.29, 0.717) is 26.1 Å². The molecule has 0 bridgehead atoms. The summed E-state index contributed by atoms with van der Waals surface area (Å²) < 4.78 is 5.20. The van der Waals surface area contributed by atoms with Crippen molar-refractivity contribution in [2.75, 3.05) is 38.8 Å². The Balaban J connectivity index is 1.90. The Hall–Kier alpha value is -1.69. The molecule has 0 aliphatic carbocycles. The van der Waals surface area contributed by atoms with E-state index in [2.05, 4.69) is 0 Å². The summed E-state index contributed by atoms with van der Waals surface area (Å²) in [5.74, 6) is 1.67. The monoisotopic (exact) mass is 322 g/mol. The van der Waals surface area contributed by atoms with Gasteiger partial charge in [-0.05, 0) is 24.0 Å². The molecule has 0 saturated carbocycles. The molecule has 22 heavy (non-hydrogen) atoms. The summed E-state index contributed by atoms with van der Waals surface area (Å²) in [6.07, 6.45) is 2.48. The van der Waals surface area contributed by atoms with Gasteiger partial charge in [-0.25, -0.2) is 0 Å². The van der Waals surface area contributed by atoms with Crippen molar-refractivity contribution in [3.8, 4) is 5.75 Å². The number of rotatable bonds is 6. The van der Waals surface area contributed by atoms with Crippen molar-refractivity contribution in [2.24, 2.45) is 0 Å². The first-order valence-electron chi connectivity index (χ1n) is 7.31. The van der Waals surface area contributed by atoms with Crippen LogP contribution in [0.25, 0.3) is 0 Å². The molecule has 0 aromatic heterocycles. The summed E-state index contributed by atoms with van der Waals surface area (Å²) in [4.78, 5) is 27.7. The van der Waals surface area contributed by atoms with Crippen LogP contribution in [0.3, 0.4) is 0 Å². The quantitative estimate of drug-likeness (QED) is 0.798.